The van der Waals surface area contributed by atoms with Crippen molar-refractivity contribution in [2.45, 2.75) is 11.5 Å². The fourth-order valence-electron chi connectivity index (χ4n) is 1.90. The van der Waals surface area contributed by atoms with Crippen molar-refractivity contribution in [1.82, 2.24) is 0 Å². The van der Waals surface area contributed by atoms with Gasteiger partial charge in [-0.15, -0.1) is 0 Å². The number of carbonyl (C=O) groups is 1. The van der Waals surface area contributed by atoms with Crippen LogP contribution in [0.25, 0.3) is 0 Å². The second-order valence-corrected chi connectivity index (χ2v) is 6.22. The van der Waals surface area contributed by atoms with E-state index in [0.717, 1.165) is 5.56 Å². The number of benzene rings is 2. The zero-order valence-corrected chi connectivity index (χ0v) is 12.8. The van der Waals surface area contributed by atoms with Crippen molar-refractivity contribution < 1.29 is 17.9 Å². The number of hydrogen-bond donors (Lipinski definition) is 2. The van der Waals surface area contributed by atoms with Gasteiger partial charge < -0.3 is 10.1 Å². The molecule has 0 saturated heterocycles. The fraction of sp³-hybridized carbons (Fsp3) is 0.133. The van der Waals surface area contributed by atoms with Gasteiger partial charge in [0, 0.05) is 18.4 Å². The molecule has 6 nitrogen and oxygen atoms in total. The maximum absolute atomic E-state index is 12.2. The van der Waals surface area contributed by atoms with Crippen LogP contribution in [-0.2, 0) is 21.4 Å². The van der Waals surface area contributed by atoms with Crippen molar-refractivity contribution in [2.75, 3.05) is 12.4 Å². The number of ether oxygens (including phenoxy) is 1. The van der Waals surface area contributed by atoms with Crippen molar-refractivity contribution in [3.8, 4) is 0 Å². The lowest BCUT2D eigenvalue weighted by Gasteiger charge is -2.07. The second-order valence-electron chi connectivity index (χ2n) is 4.66. The predicted molar refractivity (Wildman–Crippen MR) is 82.9 cm³/mol. The first-order chi connectivity index (χ1) is 10.4. The van der Waals surface area contributed by atoms with E-state index < -0.39 is 10.0 Å². The average molecular weight is 320 g/mol. The van der Waals surface area contributed by atoms with Crippen LogP contribution in [-0.4, -0.2) is 21.4 Å². The van der Waals surface area contributed by atoms with Crippen molar-refractivity contribution in [3.63, 3.8) is 0 Å². The van der Waals surface area contributed by atoms with Crippen LogP contribution in [0.3, 0.4) is 0 Å². The largest absolute Gasteiger partial charge is 0.380 e. The van der Waals surface area contributed by atoms with Gasteiger partial charge in [0.15, 0.2) is 0 Å². The molecule has 3 N–H and O–H groups in total. The molecule has 0 atom stereocenters. The molecule has 2 rings (SSSR count). The van der Waals surface area contributed by atoms with Crippen molar-refractivity contribution in [2.24, 2.45) is 5.14 Å². The number of carbonyl (C=O) groups excluding carboxylic acids is 1. The first-order valence-electron chi connectivity index (χ1n) is 6.42. The molecule has 1 amide bonds. The number of hydrogen-bond acceptors (Lipinski definition) is 4. The molecule has 2 aromatic rings. The standard InChI is InChI=1S/C15H16N2O4S/c1-21-10-11-3-2-4-12(9-11)15(18)17-13-5-7-14(8-6-13)22(16,19)20/h2-9H,10H2,1H3,(H,17,18)(H2,16,19,20). The maximum atomic E-state index is 12.2. The van der Waals surface area contributed by atoms with Gasteiger partial charge in [0.2, 0.25) is 10.0 Å². The minimum Gasteiger partial charge on any atom is -0.380 e. The van der Waals surface area contributed by atoms with Crippen LogP contribution in [0, 0.1) is 0 Å². The Balaban J connectivity index is 2.13. The molecular weight excluding hydrogens is 304 g/mol. The summed E-state index contributed by atoms with van der Waals surface area (Å²) in [5, 5.41) is 7.71. The summed E-state index contributed by atoms with van der Waals surface area (Å²) >= 11 is 0. The van der Waals surface area contributed by atoms with Gasteiger partial charge in [0.05, 0.1) is 11.5 Å². The smallest absolute Gasteiger partial charge is 0.255 e. The summed E-state index contributed by atoms with van der Waals surface area (Å²) in [6.07, 6.45) is 0. The van der Waals surface area contributed by atoms with Gasteiger partial charge in [-0.05, 0) is 42.0 Å². The summed E-state index contributed by atoms with van der Waals surface area (Å²) < 4.78 is 27.4. The quantitative estimate of drug-likeness (QED) is 0.876. The number of sulfonamides is 1. The maximum Gasteiger partial charge on any atom is 0.255 e. The Bertz CT molecular complexity index is 770. The summed E-state index contributed by atoms with van der Waals surface area (Å²) in [6, 6.07) is 12.7. The molecule has 0 fully saturated rings. The van der Waals surface area contributed by atoms with Crippen LogP contribution >= 0.6 is 0 Å². The number of methoxy groups -OCH3 is 1. The van der Waals surface area contributed by atoms with E-state index in [4.69, 9.17) is 9.88 Å². The second kappa shape index (κ2) is 6.69. The summed E-state index contributed by atoms with van der Waals surface area (Å²) in [5.41, 5.74) is 1.86. The predicted octanol–water partition coefficient (Wildman–Crippen LogP) is 1.73. The number of rotatable bonds is 5. The third-order valence-corrected chi connectivity index (χ3v) is 3.87. The SMILES string of the molecule is COCc1cccc(C(=O)Nc2ccc(S(N)(=O)=O)cc2)c1. The zero-order chi connectivity index (χ0) is 16.2. The van der Waals surface area contributed by atoms with Crippen LogP contribution in [0.2, 0.25) is 0 Å². The molecule has 0 saturated carbocycles. The molecule has 0 heterocycles. The number of primary sulfonamides is 1. The Kier molecular flexibility index (Phi) is 4.92. The molecule has 0 radical (unpaired) electrons. The van der Waals surface area contributed by atoms with Gasteiger partial charge in [-0.3, -0.25) is 4.79 Å². The number of amides is 1. The van der Waals surface area contributed by atoms with Gasteiger partial charge in [-0.2, -0.15) is 0 Å². The first kappa shape index (κ1) is 16.2. The van der Waals surface area contributed by atoms with E-state index in [1.165, 1.54) is 24.3 Å². The van der Waals surface area contributed by atoms with E-state index in [9.17, 15) is 13.2 Å². The third kappa shape index (κ3) is 4.14. The Morgan fingerprint density at radius 3 is 2.45 bits per heavy atom. The van der Waals surface area contributed by atoms with Crippen molar-refractivity contribution in [3.05, 3.63) is 59.7 Å². The van der Waals surface area contributed by atoms with Crippen molar-refractivity contribution in [1.29, 1.82) is 0 Å². The third-order valence-electron chi connectivity index (χ3n) is 2.94. The summed E-state index contributed by atoms with van der Waals surface area (Å²) in [7, 11) is -2.16. The average Bonchev–Trinajstić information content (AvgIpc) is 2.47. The van der Waals surface area contributed by atoms with Crippen LogP contribution in [0.1, 0.15) is 15.9 Å². The lowest BCUT2D eigenvalue weighted by atomic mass is 10.1. The molecule has 2 aromatic carbocycles. The van der Waals surface area contributed by atoms with Gasteiger partial charge in [-0.25, -0.2) is 13.6 Å². The highest BCUT2D eigenvalue weighted by atomic mass is 32.2. The lowest BCUT2D eigenvalue weighted by Crippen LogP contribution is -2.14. The van der Waals surface area contributed by atoms with Crippen LogP contribution in [0.5, 0.6) is 0 Å². The Morgan fingerprint density at radius 2 is 1.86 bits per heavy atom. The molecule has 0 aliphatic heterocycles. The monoisotopic (exact) mass is 320 g/mol. The van der Waals surface area contributed by atoms with E-state index in [1.807, 2.05) is 6.07 Å². The molecule has 0 unspecified atom stereocenters. The summed E-state index contributed by atoms with van der Waals surface area (Å²) in [5.74, 6) is -0.290. The highest BCUT2D eigenvalue weighted by molar-refractivity contribution is 7.89. The first-order valence-corrected chi connectivity index (χ1v) is 7.97. The van der Waals surface area contributed by atoms with Crippen LogP contribution in [0.4, 0.5) is 5.69 Å². The minimum atomic E-state index is -3.74. The summed E-state index contributed by atoms with van der Waals surface area (Å²) in [4.78, 5) is 12.2. The molecule has 0 aliphatic carbocycles. The van der Waals surface area contributed by atoms with E-state index in [0.29, 0.717) is 17.9 Å². The van der Waals surface area contributed by atoms with E-state index >= 15 is 0 Å². The number of nitrogens with one attached hydrogen (secondary N) is 1. The Labute approximate surface area is 129 Å². The fourth-order valence-corrected chi connectivity index (χ4v) is 2.42. The van der Waals surface area contributed by atoms with Gasteiger partial charge in [-0.1, -0.05) is 12.1 Å². The minimum absolute atomic E-state index is 0.00686. The van der Waals surface area contributed by atoms with E-state index in [-0.39, 0.29) is 10.8 Å². The molecule has 116 valence electrons. The molecule has 22 heavy (non-hydrogen) atoms. The van der Waals surface area contributed by atoms with Crippen LogP contribution < -0.4 is 10.5 Å². The van der Waals surface area contributed by atoms with Gasteiger partial charge in [0.25, 0.3) is 5.91 Å². The molecule has 0 bridgehead atoms. The van der Waals surface area contributed by atoms with E-state index in [1.54, 1.807) is 25.3 Å². The topological polar surface area (TPSA) is 98.5 Å². The molecule has 0 spiro atoms. The number of anilines is 1. The van der Waals surface area contributed by atoms with Gasteiger partial charge in [0.1, 0.15) is 0 Å². The van der Waals surface area contributed by atoms with Crippen molar-refractivity contribution >= 4 is 21.6 Å². The molecular formula is C15H16N2O4S. The Morgan fingerprint density at radius 1 is 1.18 bits per heavy atom. The zero-order valence-electron chi connectivity index (χ0n) is 11.9. The molecule has 7 heteroatoms. The number of nitrogens with two attached hydrogens (primary N) is 1. The normalized spacial score (nSPS) is 11.2. The summed E-state index contributed by atoms with van der Waals surface area (Å²) in [6.45, 7) is 0.421. The lowest BCUT2D eigenvalue weighted by molar-refractivity contribution is 0.102. The highest BCUT2D eigenvalue weighted by Gasteiger charge is 2.09. The highest BCUT2D eigenvalue weighted by Crippen LogP contribution is 2.14. The van der Waals surface area contributed by atoms with Crippen LogP contribution in [0.15, 0.2) is 53.4 Å². The van der Waals surface area contributed by atoms with E-state index in [2.05, 4.69) is 5.32 Å². The Hall–Kier alpha value is -2.22. The molecule has 0 aliphatic rings. The molecule has 0 aromatic heterocycles. The van der Waals surface area contributed by atoms with Gasteiger partial charge >= 0.3 is 0 Å².